The van der Waals surface area contributed by atoms with Crippen LogP contribution in [0.4, 0.5) is 0 Å². The van der Waals surface area contributed by atoms with Gasteiger partial charge in [0.25, 0.3) is 0 Å². The Morgan fingerprint density at radius 2 is 1.54 bits per heavy atom. The molecule has 35 heavy (non-hydrogen) atoms. The molecule has 1 N–H and O–H groups in total. The van der Waals surface area contributed by atoms with E-state index in [9.17, 15) is 4.79 Å². The summed E-state index contributed by atoms with van der Waals surface area (Å²) in [5.74, 6) is 0.844. The first-order valence-corrected chi connectivity index (χ1v) is 13.0. The minimum Gasteiger partial charge on any atom is -0.375 e. The Bertz CT molecular complexity index is 1150. The third kappa shape index (κ3) is 5.91. The van der Waals surface area contributed by atoms with Crippen LogP contribution in [0.2, 0.25) is 0 Å². The minimum absolute atomic E-state index is 0.0988. The highest BCUT2D eigenvalue weighted by Crippen LogP contribution is 2.30. The number of allylic oxidation sites excluding steroid dienone is 1. The average Bonchev–Trinajstić information content (AvgIpc) is 2.92. The van der Waals surface area contributed by atoms with Crippen LogP contribution in [0.1, 0.15) is 36.8 Å². The van der Waals surface area contributed by atoms with Crippen LogP contribution in [0.3, 0.4) is 0 Å². The zero-order valence-corrected chi connectivity index (χ0v) is 20.5. The molecule has 0 unspecified atom stereocenters. The van der Waals surface area contributed by atoms with Crippen molar-refractivity contribution < 1.29 is 4.79 Å². The van der Waals surface area contributed by atoms with Crippen LogP contribution in [0.5, 0.6) is 0 Å². The highest BCUT2D eigenvalue weighted by molar-refractivity contribution is 5.83. The van der Waals surface area contributed by atoms with Crippen LogP contribution < -0.4 is 5.32 Å². The van der Waals surface area contributed by atoms with Crippen molar-refractivity contribution in [2.45, 2.75) is 38.8 Å². The van der Waals surface area contributed by atoms with Gasteiger partial charge in [0, 0.05) is 56.1 Å². The summed E-state index contributed by atoms with van der Waals surface area (Å²) in [5.41, 5.74) is 3.76. The van der Waals surface area contributed by atoms with Crippen molar-refractivity contribution in [1.82, 2.24) is 20.1 Å². The smallest absolute Gasteiger partial charge is 0.223 e. The molecule has 0 bridgehead atoms. The molecule has 1 aromatic heterocycles. The molecule has 5 heteroatoms. The molecule has 0 saturated carbocycles. The summed E-state index contributed by atoms with van der Waals surface area (Å²) in [4.78, 5) is 21.9. The van der Waals surface area contributed by atoms with E-state index < -0.39 is 0 Å². The summed E-state index contributed by atoms with van der Waals surface area (Å²) in [6.07, 6.45) is 7.88. The number of hydrogen-bond donors (Lipinski definition) is 1. The van der Waals surface area contributed by atoms with Crippen molar-refractivity contribution in [1.29, 1.82) is 0 Å². The zero-order chi connectivity index (χ0) is 24.0. The Hall–Kier alpha value is -3.18. The minimum atomic E-state index is 0.0988. The number of nitrogens with one attached hydrogen (secondary N) is 1. The standard InChI is InChI=1S/C30H36N4O/c1-23(26-10-16-33(17-11-26)22-24-8-14-31-15-9-24)34-18-12-28(13-19-34)30(35)32-21-25-6-7-27-4-2-3-5-29(27)20-25/h2-9,14-15,20,26,28H,1,10-13,16-19,21-22H2,(H,32,35). The average molecular weight is 469 g/mol. The molecule has 5 rings (SSSR count). The molecule has 2 fully saturated rings. The Morgan fingerprint density at radius 1 is 0.857 bits per heavy atom. The monoisotopic (exact) mass is 468 g/mol. The molecule has 2 aromatic carbocycles. The molecule has 3 aromatic rings. The summed E-state index contributed by atoms with van der Waals surface area (Å²) >= 11 is 0. The number of nitrogens with zero attached hydrogens (tertiary/aromatic N) is 3. The number of piperidine rings is 2. The third-order valence-electron chi connectivity index (χ3n) is 7.77. The van der Waals surface area contributed by atoms with Crippen LogP contribution in [-0.2, 0) is 17.9 Å². The highest BCUT2D eigenvalue weighted by atomic mass is 16.1. The van der Waals surface area contributed by atoms with Crippen LogP contribution in [0, 0.1) is 11.8 Å². The molecule has 0 atom stereocenters. The van der Waals surface area contributed by atoms with Crippen molar-refractivity contribution in [3.8, 4) is 0 Å². The van der Waals surface area contributed by atoms with Gasteiger partial charge in [-0.25, -0.2) is 0 Å². The Morgan fingerprint density at radius 3 is 2.29 bits per heavy atom. The van der Waals surface area contributed by atoms with Crippen LogP contribution in [0.15, 0.2) is 79.3 Å². The van der Waals surface area contributed by atoms with Gasteiger partial charge in [0.05, 0.1) is 0 Å². The molecule has 0 aliphatic carbocycles. The van der Waals surface area contributed by atoms with Crippen molar-refractivity contribution >= 4 is 16.7 Å². The topological polar surface area (TPSA) is 48.5 Å². The maximum Gasteiger partial charge on any atom is 0.223 e. The van der Waals surface area contributed by atoms with E-state index >= 15 is 0 Å². The number of carbonyl (C=O) groups excluding carboxylic acids is 1. The summed E-state index contributed by atoms with van der Waals surface area (Å²) < 4.78 is 0. The van der Waals surface area contributed by atoms with Gasteiger partial charge in [-0.3, -0.25) is 14.7 Å². The van der Waals surface area contributed by atoms with Gasteiger partial charge in [-0.1, -0.05) is 43.0 Å². The largest absolute Gasteiger partial charge is 0.375 e. The second kappa shape index (κ2) is 11.0. The summed E-state index contributed by atoms with van der Waals surface area (Å²) in [7, 11) is 0. The van der Waals surface area contributed by atoms with Gasteiger partial charge in [0.2, 0.25) is 5.91 Å². The van der Waals surface area contributed by atoms with E-state index in [2.05, 4.69) is 81.3 Å². The Labute approximate surface area is 208 Å². The van der Waals surface area contributed by atoms with E-state index in [4.69, 9.17) is 0 Å². The van der Waals surface area contributed by atoms with E-state index in [1.165, 1.54) is 22.0 Å². The Kier molecular flexibility index (Phi) is 7.43. The summed E-state index contributed by atoms with van der Waals surface area (Å²) in [5, 5.41) is 5.62. The van der Waals surface area contributed by atoms with Gasteiger partial charge in [0.1, 0.15) is 0 Å². The molecule has 182 valence electrons. The quantitative estimate of drug-likeness (QED) is 0.531. The number of benzene rings is 2. The molecule has 3 heterocycles. The molecule has 2 saturated heterocycles. The lowest BCUT2D eigenvalue weighted by atomic mass is 9.90. The maximum absolute atomic E-state index is 12.8. The fourth-order valence-electron chi connectivity index (χ4n) is 5.54. The van der Waals surface area contributed by atoms with Crippen LogP contribution in [-0.4, -0.2) is 46.9 Å². The van der Waals surface area contributed by atoms with Crippen molar-refractivity contribution in [3.63, 3.8) is 0 Å². The van der Waals surface area contributed by atoms with E-state index in [0.29, 0.717) is 12.5 Å². The molecule has 1 amide bonds. The number of carbonyl (C=O) groups is 1. The fourth-order valence-corrected chi connectivity index (χ4v) is 5.54. The van der Waals surface area contributed by atoms with Gasteiger partial charge < -0.3 is 10.2 Å². The van der Waals surface area contributed by atoms with Gasteiger partial charge in [-0.05, 0) is 78.9 Å². The maximum atomic E-state index is 12.8. The number of pyridine rings is 1. The first-order valence-electron chi connectivity index (χ1n) is 13.0. The SMILES string of the molecule is C=C(C1CCN(Cc2ccncc2)CC1)N1CCC(C(=O)NCc2ccc3ccccc3c2)CC1. The lowest BCUT2D eigenvalue weighted by Crippen LogP contribution is -2.42. The number of fused-ring (bicyclic) bond motifs is 1. The number of rotatable bonds is 7. The first-order chi connectivity index (χ1) is 17.2. The van der Waals surface area contributed by atoms with Crippen LogP contribution in [0.25, 0.3) is 10.8 Å². The molecule has 0 spiro atoms. The van der Waals surface area contributed by atoms with Gasteiger partial charge in [0.15, 0.2) is 0 Å². The van der Waals surface area contributed by atoms with E-state index in [1.807, 2.05) is 12.4 Å². The van der Waals surface area contributed by atoms with Gasteiger partial charge in [-0.2, -0.15) is 0 Å². The van der Waals surface area contributed by atoms with Crippen LogP contribution >= 0.6 is 0 Å². The predicted octanol–water partition coefficient (Wildman–Crippen LogP) is 4.99. The van der Waals surface area contributed by atoms with E-state index in [1.54, 1.807) is 0 Å². The number of aromatic nitrogens is 1. The van der Waals surface area contributed by atoms with E-state index in [-0.39, 0.29) is 11.8 Å². The predicted molar refractivity (Wildman–Crippen MR) is 141 cm³/mol. The summed E-state index contributed by atoms with van der Waals surface area (Å²) in [6.45, 7) is 10.2. The first kappa shape index (κ1) is 23.6. The second-order valence-corrected chi connectivity index (χ2v) is 10.1. The number of hydrogen-bond acceptors (Lipinski definition) is 4. The third-order valence-corrected chi connectivity index (χ3v) is 7.77. The zero-order valence-electron chi connectivity index (χ0n) is 20.5. The molecule has 0 radical (unpaired) electrons. The lowest BCUT2D eigenvalue weighted by Gasteiger charge is -2.40. The van der Waals surface area contributed by atoms with E-state index in [0.717, 1.165) is 64.0 Å². The van der Waals surface area contributed by atoms with Crippen molar-refractivity contribution in [2.75, 3.05) is 26.2 Å². The number of likely N-dealkylation sites (tertiary alicyclic amines) is 2. The molecular weight excluding hydrogens is 432 g/mol. The molecule has 2 aliphatic heterocycles. The normalized spacial score (nSPS) is 18.0. The second-order valence-electron chi connectivity index (χ2n) is 10.1. The van der Waals surface area contributed by atoms with Gasteiger partial charge in [-0.15, -0.1) is 0 Å². The van der Waals surface area contributed by atoms with Crippen molar-refractivity contribution in [2.24, 2.45) is 11.8 Å². The lowest BCUT2D eigenvalue weighted by molar-refractivity contribution is -0.126. The number of amides is 1. The van der Waals surface area contributed by atoms with Gasteiger partial charge >= 0.3 is 0 Å². The Balaban J connectivity index is 1.05. The molecule has 2 aliphatic rings. The van der Waals surface area contributed by atoms with Crippen molar-refractivity contribution in [3.05, 3.63) is 90.4 Å². The fraction of sp³-hybridized carbons (Fsp3) is 0.400. The highest BCUT2D eigenvalue weighted by Gasteiger charge is 2.29. The molecule has 5 nitrogen and oxygen atoms in total. The molecular formula is C30H36N4O. The summed E-state index contributed by atoms with van der Waals surface area (Å²) in [6, 6.07) is 19.0.